The van der Waals surface area contributed by atoms with Crippen molar-refractivity contribution < 1.29 is 10.2 Å². The molecule has 0 aromatic carbocycles. The van der Waals surface area contributed by atoms with Crippen LogP contribution in [0.1, 0.15) is 199 Å². The average Bonchev–Trinajstić information content (AvgIpc) is 4.01. The first kappa shape index (κ1) is 49.7. The second kappa shape index (κ2) is 33.6. The van der Waals surface area contributed by atoms with Crippen LogP contribution in [-0.4, -0.2) is 90.4 Å². The van der Waals surface area contributed by atoms with Crippen LogP contribution in [0.5, 0.6) is 0 Å². The molecule has 0 aromatic rings. The number of nitrogens with one attached hydrogen (secondary N) is 2. The molecule has 0 spiro atoms. The Morgan fingerprint density at radius 2 is 0.722 bits per heavy atom. The highest BCUT2D eigenvalue weighted by Gasteiger charge is 2.40. The molecular weight excluding hydrogens is 673 g/mol. The zero-order chi connectivity index (χ0) is 39.1. The molecule has 10 nitrogen and oxygen atoms in total. The lowest BCUT2D eigenvalue weighted by molar-refractivity contribution is 0.105. The highest BCUT2D eigenvalue weighted by atomic mass is 16.3. The molecule has 0 saturated heterocycles. The van der Waals surface area contributed by atoms with Crippen LogP contribution in [0.3, 0.4) is 0 Å². The summed E-state index contributed by atoms with van der Waals surface area (Å²) in [6, 6.07) is 4.80. The molecule has 8 aliphatic rings. The van der Waals surface area contributed by atoms with Crippen molar-refractivity contribution in [3.8, 4) is 0 Å². The van der Waals surface area contributed by atoms with Crippen molar-refractivity contribution in [1.82, 2.24) is 15.8 Å². The van der Waals surface area contributed by atoms with Crippen LogP contribution in [0.4, 0.5) is 0 Å². The van der Waals surface area contributed by atoms with Crippen LogP contribution >= 0.6 is 0 Å². The highest BCUT2D eigenvalue weighted by molar-refractivity contribution is 4.94. The van der Waals surface area contributed by atoms with E-state index in [-0.39, 0.29) is 13.2 Å². The predicted octanol–water partition coefficient (Wildman–Crippen LogP) is 6.48. The van der Waals surface area contributed by atoms with E-state index in [2.05, 4.69) is 15.8 Å². The smallest absolute Gasteiger partial charge is 0.0555 e. The zero-order valence-corrected chi connectivity index (χ0v) is 35.3. The van der Waals surface area contributed by atoms with Crippen molar-refractivity contribution in [3.05, 3.63) is 0 Å². The summed E-state index contributed by atoms with van der Waals surface area (Å²) in [5, 5.41) is 21.7. The van der Waals surface area contributed by atoms with Gasteiger partial charge in [-0.15, -0.1) is 0 Å². The van der Waals surface area contributed by atoms with Gasteiger partial charge in [-0.1, -0.05) is 96.3 Å². The van der Waals surface area contributed by atoms with Crippen molar-refractivity contribution in [1.29, 1.82) is 0 Å². The van der Waals surface area contributed by atoms with Gasteiger partial charge in [-0.25, -0.2) is 5.01 Å². The van der Waals surface area contributed by atoms with E-state index >= 15 is 0 Å². The number of aliphatic hydroxyl groups is 2. The number of hydrazine groups is 1. The SMILES string of the molecule is C1CC(NN(C2CC2)C2CC2)C1.NC1CCCC1.NC1CCCCC1.NC1CCCCCC1.NC1CCCCCCC1.NCC1CC1.OCCNCCO. The maximum absolute atomic E-state index is 8.15. The van der Waals surface area contributed by atoms with Gasteiger partial charge >= 0.3 is 0 Å². The van der Waals surface area contributed by atoms with E-state index < -0.39 is 0 Å². The van der Waals surface area contributed by atoms with Gasteiger partial charge in [0.15, 0.2) is 0 Å². The van der Waals surface area contributed by atoms with Gasteiger partial charge in [0.25, 0.3) is 0 Å². The number of aliphatic hydroxyl groups excluding tert-OH is 2. The molecule has 8 saturated carbocycles. The first-order valence-electron chi connectivity index (χ1n) is 23.6. The second-order valence-corrected chi connectivity index (χ2v) is 17.8. The predicted molar refractivity (Wildman–Crippen MR) is 231 cm³/mol. The lowest BCUT2D eigenvalue weighted by Gasteiger charge is -2.34. The largest absolute Gasteiger partial charge is 0.395 e. The van der Waals surface area contributed by atoms with Crippen LogP contribution in [0.2, 0.25) is 0 Å². The van der Waals surface area contributed by atoms with E-state index in [0.29, 0.717) is 37.3 Å². The molecule has 0 radical (unpaired) electrons. The molecule has 0 aromatic heterocycles. The van der Waals surface area contributed by atoms with Crippen molar-refractivity contribution in [3.63, 3.8) is 0 Å². The summed E-state index contributed by atoms with van der Waals surface area (Å²) in [4.78, 5) is 0. The van der Waals surface area contributed by atoms with Crippen LogP contribution in [-0.2, 0) is 0 Å². The maximum Gasteiger partial charge on any atom is 0.0555 e. The van der Waals surface area contributed by atoms with E-state index in [0.717, 1.165) is 30.6 Å². The van der Waals surface area contributed by atoms with E-state index in [1.54, 1.807) is 0 Å². The van der Waals surface area contributed by atoms with Crippen LogP contribution in [0, 0.1) is 5.92 Å². The van der Waals surface area contributed by atoms with Crippen LogP contribution < -0.4 is 39.4 Å². The number of hydrogen-bond acceptors (Lipinski definition) is 10. The monoisotopic (exact) mass is 767 g/mol. The summed E-state index contributed by atoms with van der Waals surface area (Å²) < 4.78 is 0. The van der Waals surface area contributed by atoms with Crippen molar-refractivity contribution in [2.75, 3.05) is 32.8 Å². The first-order chi connectivity index (χ1) is 26.4. The Kier molecular flexibility index (Phi) is 30.9. The molecule has 14 N–H and O–H groups in total. The average molecular weight is 767 g/mol. The summed E-state index contributed by atoms with van der Waals surface area (Å²) in [6.07, 6.45) is 42.3. The Balaban J connectivity index is 0.000000222. The topological polar surface area (TPSA) is 198 Å². The van der Waals surface area contributed by atoms with Crippen molar-refractivity contribution in [2.24, 2.45) is 34.6 Å². The van der Waals surface area contributed by atoms with Gasteiger partial charge in [0.1, 0.15) is 0 Å². The Morgan fingerprint density at radius 3 is 0.963 bits per heavy atom. The summed E-state index contributed by atoms with van der Waals surface area (Å²) in [6.45, 7) is 2.33. The third-order valence-corrected chi connectivity index (χ3v) is 12.0. The third kappa shape index (κ3) is 29.8. The highest BCUT2D eigenvalue weighted by Crippen LogP contribution is 2.36. The van der Waals surface area contributed by atoms with Gasteiger partial charge in [0.2, 0.25) is 0 Å². The number of nitrogens with two attached hydrogens (primary N) is 5. The molecule has 0 amide bonds. The minimum absolute atomic E-state index is 0.139. The molecule has 0 aliphatic heterocycles. The molecular formula is C44H94N8O2. The lowest BCUT2D eigenvalue weighted by atomic mass is 9.94. The quantitative estimate of drug-likeness (QED) is 0.0712. The van der Waals surface area contributed by atoms with Crippen LogP contribution in [0.15, 0.2) is 0 Å². The zero-order valence-electron chi connectivity index (χ0n) is 35.3. The van der Waals surface area contributed by atoms with Gasteiger partial charge in [0, 0.05) is 55.4 Å². The number of rotatable bonds is 9. The first-order valence-corrected chi connectivity index (χ1v) is 23.6. The molecule has 0 heterocycles. The van der Waals surface area contributed by atoms with Gasteiger partial charge in [-0.2, -0.15) is 0 Å². The molecule has 0 atom stereocenters. The van der Waals surface area contributed by atoms with E-state index in [1.807, 2.05) is 0 Å². The summed E-state index contributed by atoms with van der Waals surface area (Å²) in [5.41, 5.74) is 31.7. The minimum atomic E-state index is 0.139. The van der Waals surface area contributed by atoms with Crippen molar-refractivity contribution >= 4 is 0 Å². The number of nitrogens with zero attached hydrogens (tertiary/aromatic N) is 1. The van der Waals surface area contributed by atoms with Gasteiger partial charge < -0.3 is 44.2 Å². The maximum atomic E-state index is 8.15. The molecule has 8 aliphatic carbocycles. The Hall–Kier alpha value is -0.400. The fourth-order valence-corrected chi connectivity index (χ4v) is 7.49. The number of hydrogen-bond donors (Lipinski definition) is 9. The Morgan fingerprint density at radius 1 is 0.407 bits per heavy atom. The molecule has 0 bridgehead atoms. The van der Waals surface area contributed by atoms with E-state index in [4.69, 9.17) is 38.9 Å². The Bertz CT molecular complexity index is 767. The fraction of sp³-hybridized carbons (Fsp3) is 1.00. The summed E-state index contributed by atoms with van der Waals surface area (Å²) in [7, 11) is 0. The molecule has 8 rings (SSSR count). The van der Waals surface area contributed by atoms with Gasteiger partial charge in [-0.3, -0.25) is 5.43 Å². The molecule has 54 heavy (non-hydrogen) atoms. The molecule has 8 fully saturated rings. The molecule has 322 valence electrons. The minimum Gasteiger partial charge on any atom is -0.395 e. The standard InChI is InChI=1S/C10H18N2.C8H17N.C7H15N.C6H13N.C5H11N.C4H11NO2.C4H9N/c1-2-8(3-1)11-12(9-4-5-9)10-6-7-10;9-8-6-4-2-1-3-5-7-8;8-7-5-3-1-2-4-6-7;7-6-4-2-1-3-5-6;6-5-3-1-2-4-5;6-3-1-5-2-4-7;5-3-4-1-2-4/h8-11H,1-7H2;8H,1-7,9H2;7H,1-6,8H2;6H,1-5,7H2;5H,1-4,6H2;5-7H,1-4H2;4H,1-3,5H2. The van der Waals surface area contributed by atoms with Crippen LogP contribution in [0.25, 0.3) is 0 Å². The molecule has 10 heteroatoms. The molecule has 0 unspecified atom stereocenters. The van der Waals surface area contributed by atoms with E-state index in [9.17, 15) is 0 Å². The van der Waals surface area contributed by atoms with E-state index in [1.165, 1.54) is 199 Å². The summed E-state index contributed by atoms with van der Waals surface area (Å²) >= 11 is 0. The van der Waals surface area contributed by atoms with Gasteiger partial charge in [-0.05, 0) is 115 Å². The summed E-state index contributed by atoms with van der Waals surface area (Å²) in [5.74, 6) is 0.912. The Labute approximate surface area is 334 Å². The normalized spacial score (nSPS) is 24.2. The second-order valence-electron chi connectivity index (χ2n) is 17.8. The fourth-order valence-electron chi connectivity index (χ4n) is 7.49. The third-order valence-electron chi connectivity index (χ3n) is 12.0. The van der Waals surface area contributed by atoms with Crippen molar-refractivity contribution in [2.45, 2.75) is 241 Å². The van der Waals surface area contributed by atoms with Gasteiger partial charge in [0.05, 0.1) is 13.2 Å². The lowest BCUT2D eigenvalue weighted by Crippen LogP contribution is -2.49.